The SMILES string of the molecule is COc1cc(C(C)(C)C)cc(CC2(O)CC2)c1O. The highest BCUT2D eigenvalue weighted by Gasteiger charge is 2.41. The maximum Gasteiger partial charge on any atom is 0.161 e. The molecule has 0 radical (unpaired) electrons. The Labute approximate surface area is 108 Å². The second-order valence-electron chi connectivity index (χ2n) is 6.34. The summed E-state index contributed by atoms with van der Waals surface area (Å²) in [6.45, 7) is 6.36. The minimum Gasteiger partial charge on any atom is -0.504 e. The van der Waals surface area contributed by atoms with Gasteiger partial charge in [0.15, 0.2) is 11.5 Å². The van der Waals surface area contributed by atoms with Crippen molar-refractivity contribution in [2.24, 2.45) is 0 Å². The van der Waals surface area contributed by atoms with Gasteiger partial charge in [-0.05, 0) is 29.9 Å². The van der Waals surface area contributed by atoms with E-state index in [1.165, 1.54) is 0 Å². The molecule has 1 aliphatic rings. The molecule has 0 saturated heterocycles. The number of ether oxygens (including phenoxy) is 1. The number of methoxy groups -OCH3 is 1. The van der Waals surface area contributed by atoms with Crippen molar-refractivity contribution in [1.29, 1.82) is 0 Å². The van der Waals surface area contributed by atoms with Crippen molar-refractivity contribution in [2.75, 3.05) is 7.11 Å². The highest BCUT2D eigenvalue weighted by Crippen LogP contribution is 2.43. The summed E-state index contributed by atoms with van der Waals surface area (Å²) in [5, 5.41) is 20.1. The Balaban J connectivity index is 2.43. The molecule has 0 atom stereocenters. The molecule has 3 nitrogen and oxygen atoms in total. The molecule has 0 aliphatic heterocycles. The predicted octanol–water partition coefficient (Wildman–Crippen LogP) is 2.77. The molecule has 2 rings (SSSR count). The molecule has 0 unspecified atom stereocenters. The van der Waals surface area contributed by atoms with Crippen LogP contribution >= 0.6 is 0 Å². The van der Waals surface area contributed by atoms with E-state index >= 15 is 0 Å². The lowest BCUT2D eigenvalue weighted by atomic mass is 9.85. The second-order valence-corrected chi connectivity index (χ2v) is 6.34. The van der Waals surface area contributed by atoms with E-state index in [1.807, 2.05) is 12.1 Å². The van der Waals surface area contributed by atoms with Gasteiger partial charge in [-0.15, -0.1) is 0 Å². The molecule has 1 aromatic carbocycles. The van der Waals surface area contributed by atoms with Gasteiger partial charge in [-0.3, -0.25) is 0 Å². The quantitative estimate of drug-likeness (QED) is 0.867. The van der Waals surface area contributed by atoms with E-state index in [0.29, 0.717) is 12.2 Å². The van der Waals surface area contributed by atoms with Crippen LogP contribution < -0.4 is 4.74 Å². The largest absolute Gasteiger partial charge is 0.504 e. The molecule has 18 heavy (non-hydrogen) atoms. The molecular formula is C15H22O3. The highest BCUT2D eigenvalue weighted by atomic mass is 16.5. The second kappa shape index (κ2) is 4.16. The van der Waals surface area contributed by atoms with Crippen LogP contribution in [0.4, 0.5) is 0 Å². The first-order valence-electron chi connectivity index (χ1n) is 6.38. The van der Waals surface area contributed by atoms with E-state index in [-0.39, 0.29) is 11.2 Å². The average molecular weight is 250 g/mol. The summed E-state index contributed by atoms with van der Waals surface area (Å²) in [4.78, 5) is 0. The molecule has 2 N–H and O–H groups in total. The van der Waals surface area contributed by atoms with Gasteiger partial charge in [0, 0.05) is 12.0 Å². The zero-order valence-corrected chi connectivity index (χ0v) is 11.6. The van der Waals surface area contributed by atoms with Crippen molar-refractivity contribution in [3.8, 4) is 11.5 Å². The van der Waals surface area contributed by atoms with E-state index in [2.05, 4.69) is 20.8 Å². The Morgan fingerprint density at radius 2 is 1.89 bits per heavy atom. The van der Waals surface area contributed by atoms with E-state index < -0.39 is 5.60 Å². The molecule has 0 bridgehead atoms. The Morgan fingerprint density at radius 1 is 1.28 bits per heavy atom. The van der Waals surface area contributed by atoms with Crippen LogP contribution in [0.5, 0.6) is 11.5 Å². The number of hydrogen-bond donors (Lipinski definition) is 2. The molecule has 0 amide bonds. The summed E-state index contributed by atoms with van der Waals surface area (Å²) in [5.41, 5.74) is 1.26. The summed E-state index contributed by atoms with van der Waals surface area (Å²) < 4.78 is 5.22. The van der Waals surface area contributed by atoms with Gasteiger partial charge in [0.2, 0.25) is 0 Å². The minimum absolute atomic E-state index is 0.0120. The van der Waals surface area contributed by atoms with E-state index in [4.69, 9.17) is 4.74 Å². The maximum absolute atomic E-state index is 10.1. The number of benzene rings is 1. The number of hydrogen-bond acceptors (Lipinski definition) is 3. The first kappa shape index (κ1) is 13.2. The van der Waals surface area contributed by atoms with E-state index in [0.717, 1.165) is 24.0 Å². The molecule has 0 aromatic heterocycles. The molecule has 1 saturated carbocycles. The van der Waals surface area contributed by atoms with Crippen LogP contribution in [0.15, 0.2) is 12.1 Å². The third-order valence-electron chi connectivity index (χ3n) is 3.59. The van der Waals surface area contributed by atoms with Crippen molar-refractivity contribution in [2.45, 2.75) is 51.0 Å². The number of aromatic hydroxyl groups is 1. The molecule has 1 aromatic rings. The fraction of sp³-hybridized carbons (Fsp3) is 0.600. The first-order chi connectivity index (χ1) is 8.25. The average Bonchev–Trinajstić information content (AvgIpc) is 2.98. The third kappa shape index (κ3) is 2.61. The standard InChI is InChI=1S/C15H22O3/c1-14(2,3)11-7-10(9-15(17)5-6-15)13(16)12(8-11)18-4/h7-8,16-17H,5-6,9H2,1-4H3. The Morgan fingerprint density at radius 3 is 2.33 bits per heavy atom. The van der Waals surface area contributed by atoms with Gasteiger partial charge in [0.1, 0.15) is 0 Å². The minimum atomic E-state index is -0.612. The fourth-order valence-electron chi connectivity index (χ4n) is 2.06. The molecular weight excluding hydrogens is 228 g/mol. The lowest BCUT2D eigenvalue weighted by molar-refractivity contribution is 0.149. The summed E-state index contributed by atoms with van der Waals surface area (Å²) >= 11 is 0. The lowest BCUT2D eigenvalue weighted by Crippen LogP contribution is -2.15. The van der Waals surface area contributed by atoms with Crippen LogP contribution in [-0.2, 0) is 11.8 Å². The van der Waals surface area contributed by atoms with Crippen molar-refractivity contribution in [3.63, 3.8) is 0 Å². The van der Waals surface area contributed by atoms with Crippen LogP contribution in [0.2, 0.25) is 0 Å². The number of phenolic OH excluding ortho intramolecular Hbond substituents is 1. The summed E-state index contributed by atoms with van der Waals surface area (Å²) in [6.07, 6.45) is 2.13. The van der Waals surface area contributed by atoms with Crippen molar-refractivity contribution < 1.29 is 14.9 Å². The molecule has 3 heteroatoms. The lowest BCUT2D eigenvalue weighted by Gasteiger charge is -2.22. The van der Waals surface area contributed by atoms with Crippen LogP contribution in [0.3, 0.4) is 0 Å². The summed E-state index contributed by atoms with van der Waals surface area (Å²) in [6, 6.07) is 3.85. The molecule has 0 heterocycles. The zero-order valence-electron chi connectivity index (χ0n) is 11.6. The Hall–Kier alpha value is -1.22. The highest BCUT2D eigenvalue weighted by molar-refractivity contribution is 5.50. The molecule has 1 aliphatic carbocycles. The summed E-state index contributed by atoms with van der Waals surface area (Å²) in [7, 11) is 1.55. The normalized spacial score (nSPS) is 17.6. The predicted molar refractivity (Wildman–Crippen MR) is 71.2 cm³/mol. The van der Waals surface area contributed by atoms with Crippen LogP contribution in [0.25, 0.3) is 0 Å². The molecule has 0 spiro atoms. The van der Waals surface area contributed by atoms with Gasteiger partial charge in [-0.25, -0.2) is 0 Å². The van der Waals surface area contributed by atoms with Gasteiger partial charge in [0.25, 0.3) is 0 Å². The fourth-order valence-corrected chi connectivity index (χ4v) is 2.06. The van der Waals surface area contributed by atoms with Gasteiger partial charge in [0.05, 0.1) is 12.7 Å². The van der Waals surface area contributed by atoms with Gasteiger partial charge in [-0.2, -0.15) is 0 Å². The van der Waals surface area contributed by atoms with Crippen LogP contribution in [0, 0.1) is 0 Å². The number of rotatable bonds is 3. The van der Waals surface area contributed by atoms with Crippen LogP contribution in [0.1, 0.15) is 44.7 Å². The maximum atomic E-state index is 10.1. The number of phenols is 1. The smallest absolute Gasteiger partial charge is 0.161 e. The van der Waals surface area contributed by atoms with Gasteiger partial charge >= 0.3 is 0 Å². The topological polar surface area (TPSA) is 49.7 Å². The third-order valence-corrected chi connectivity index (χ3v) is 3.59. The van der Waals surface area contributed by atoms with Gasteiger partial charge < -0.3 is 14.9 Å². The Kier molecular flexibility index (Phi) is 3.06. The summed E-state index contributed by atoms with van der Waals surface area (Å²) in [5.74, 6) is 0.646. The van der Waals surface area contributed by atoms with Crippen LogP contribution in [-0.4, -0.2) is 22.9 Å². The molecule has 1 fully saturated rings. The zero-order chi connectivity index (χ0) is 13.6. The monoisotopic (exact) mass is 250 g/mol. The Bertz CT molecular complexity index is 454. The number of aliphatic hydroxyl groups is 1. The van der Waals surface area contributed by atoms with E-state index in [9.17, 15) is 10.2 Å². The van der Waals surface area contributed by atoms with Crippen molar-refractivity contribution >= 4 is 0 Å². The first-order valence-corrected chi connectivity index (χ1v) is 6.38. The van der Waals surface area contributed by atoms with Gasteiger partial charge in [-0.1, -0.05) is 26.8 Å². The van der Waals surface area contributed by atoms with Crippen molar-refractivity contribution in [1.82, 2.24) is 0 Å². The van der Waals surface area contributed by atoms with E-state index in [1.54, 1.807) is 7.11 Å². The van der Waals surface area contributed by atoms with Crippen molar-refractivity contribution in [3.05, 3.63) is 23.3 Å². The molecule has 100 valence electrons.